The standard InChI is InChI=1S/C17H22BrNS/c1-5-19-15(16-9-13(4)17(18)20-16)10-14-7-6-11(2)12(3)8-14/h6-9,15,19H,5,10H2,1-4H3. The van der Waals surface area contributed by atoms with Crippen LogP contribution in [0, 0.1) is 20.8 Å². The molecule has 0 fully saturated rings. The van der Waals surface area contributed by atoms with Crippen LogP contribution in [0.3, 0.4) is 0 Å². The molecule has 0 aliphatic carbocycles. The summed E-state index contributed by atoms with van der Waals surface area (Å²) in [5.41, 5.74) is 5.47. The highest BCUT2D eigenvalue weighted by Gasteiger charge is 2.15. The quantitative estimate of drug-likeness (QED) is 0.767. The van der Waals surface area contributed by atoms with Crippen LogP contribution in [0.4, 0.5) is 0 Å². The molecule has 20 heavy (non-hydrogen) atoms. The van der Waals surface area contributed by atoms with E-state index in [1.165, 1.54) is 30.9 Å². The monoisotopic (exact) mass is 351 g/mol. The summed E-state index contributed by atoms with van der Waals surface area (Å²) < 4.78 is 1.25. The Kier molecular flexibility index (Phi) is 5.42. The number of thiophene rings is 1. The van der Waals surface area contributed by atoms with Crippen LogP contribution in [0.2, 0.25) is 0 Å². The van der Waals surface area contributed by atoms with Gasteiger partial charge in [-0.15, -0.1) is 11.3 Å². The Bertz CT molecular complexity index is 569. The third-order valence-electron chi connectivity index (χ3n) is 3.68. The summed E-state index contributed by atoms with van der Waals surface area (Å²) in [5.74, 6) is 0. The summed E-state index contributed by atoms with van der Waals surface area (Å²) in [6.45, 7) is 9.67. The maximum atomic E-state index is 3.63. The van der Waals surface area contributed by atoms with Gasteiger partial charge in [-0.05, 0) is 78.0 Å². The van der Waals surface area contributed by atoms with Crippen LogP contribution < -0.4 is 5.32 Å². The second kappa shape index (κ2) is 6.88. The van der Waals surface area contributed by atoms with Gasteiger partial charge in [-0.2, -0.15) is 0 Å². The number of hydrogen-bond donors (Lipinski definition) is 1. The van der Waals surface area contributed by atoms with Crippen molar-refractivity contribution in [3.05, 3.63) is 55.2 Å². The van der Waals surface area contributed by atoms with Gasteiger partial charge in [-0.3, -0.25) is 0 Å². The van der Waals surface area contributed by atoms with Crippen molar-refractivity contribution in [2.24, 2.45) is 0 Å². The Morgan fingerprint density at radius 1 is 1.10 bits per heavy atom. The summed E-state index contributed by atoms with van der Waals surface area (Å²) in [5, 5.41) is 3.61. The third kappa shape index (κ3) is 3.72. The highest BCUT2D eigenvalue weighted by Crippen LogP contribution is 2.33. The Balaban J connectivity index is 2.22. The fraction of sp³-hybridized carbons (Fsp3) is 0.412. The second-order valence-corrected chi connectivity index (χ2v) is 7.74. The van der Waals surface area contributed by atoms with Gasteiger partial charge in [0.25, 0.3) is 0 Å². The molecule has 0 aliphatic rings. The van der Waals surface area contributed by atoms with Gasteiger partial charge in [0.15, 0.2) is 0 Å². The molecule has 1 unspecified atom stereocenters. The molecule has 1 aromatic heterocycles. The molecule has 1 aromatic carbocycles. The molecule has 2 rings (SSSR count). The Hall–Kier alpha value is -0.640. The molecule has 108 valence electrons. The molecular formula is C17H22BrNS. The van der Waals surface area contributed by atoms with Crippen LogP contribution in [0.5, 0.6) is 0 Å². The first-order valence-electron chi connectivity index (χ1n) is 7.06. The van der Waals surface area contributed by atoms with E-state index in [1.807, 2.05) is 11.3 Å². The lowest BCUT2D eigenvalue weighted by molar-refractivity contribution is 0.558. The van der Waals surface area contributed by atoms with Gasteiger partial charge in [0.1, 0.15) is 0 Å². The van der Waals surface area contributed by atoms with E-state index in [1.54, 1.807) is 0 Å². The molecule has 2 aromatic rings. The zero-order chi connectivity index (χ0) is 14.7. The van der Waals surface area contributed by atoms with E-state index in [2.05, 4.69) is 73.2 Å². The molecule has 1 heterocycles. The second-order valence-electron chi connectivity index (χ2n) is 5.34. The van der Waals surface area contributed by atoms with Crippen LogP contribution >= 0.6 is 27.3 Å². The molecule has 0 saturated carbocycles. The van der Waals surface area contributed by atoms with Gasteiger partial charge in [0.05, 0.1) is 3.79 Å². The van der Waals surface area contributed by atoms with Crippen LogP contribution in [0.25, 0.3) is 0 Å². The van der Waals surface area contributed by atoms with Crippen molar-refractivity contribution in [3.8, 4) is 0 Å². The molecule has 0 saturated heterocycles. The Morgan fingerprint density at radius 3 is 2.40 bits per heavy atom. The fourth-order valence-corrected chi connectivity index (χ4v) is 3.99. The van der Waals surface area contributed by atoms with Crippen molar-refractivity contribution in [1.29, 1.82) is 0 Å². The largest absolute Gasteiger partial charge is 0.309 e. The minimum atomic E-state index is 0.400. The summed E-state index contributed by atoms with van der Waals surface area (Å²) in [6.07, 6.45) is 1.04. The summed E-state index contributed by atoms with van der Waals surface area (Å²) in [6, 6.07) is 9.49. The molecule has 0 aliphatic heterocycles. The first kappa shape index (κ1) is 15.7. The molecule has 0 amide bonds. The zero-order valence-corrected chi connectivity index (χ0v) is 15.0. The van der Waals surface area contributed by atoms with Crippen LogP contribution in [0.15, 0.2) is 28.1 Å². The van der Waals surface area contributed by atoms with Crippen LogP contribution in [-0.4, -0.2) is 6.54 Å². The van der Waals surface area contributed by atoms with Gasteiger partial charge in [0, 0.05) is 10.9 Å². The topological polar surface area (TPSA) is 12.0 Å². The van der Waals surface area contributed by atoms with E-state index in [0.717, 1.165) is 13.0 Å². The molecular weight excluding hydrogens is 330 g/mol. The molecule has 3 heteroatoms. The van der Waals surface area contributed by atoms with E-state index in [-0.39, 0.29) is 0 Å². The maximum Gasteiger partial charge on any atom is 0.0731 e. The minimum absolute atomic E-state index is 0.400. The predicted octanol–water partition coefficient (Wildman–Crippen LogP) is 5.33. The van der Waals surface area contributed by atoms with Crippen molar-refractivity contribution in [3.63, 3.8) is 0 Å². The molecule has 1 nitrogen and oxygen atoms in total. The van der Waals surface area contributed by atoms with Crippen LogP contribution in [0.1, 0.15) is 40.1 Å². The summed E-state index contributed by atoms with van der Waals surface area (Å²) in [7, 11) is 0. The van der Waals surface area contributed by atoms with Gasteiger partial charge < -0.3 is 5.32 Å². The number of nitrogens with one attached hydrogen (secondary N) is 1. The van der Waals surface area contributed by atoms with Gasteiger partial charge in [-0.1, -0.05) is 25.1 Å². The highest BCUT2D eigenvalue weighted by molar-refractivity contribution is 9.11. The van der Waals surface area contributed by atoms with Crippen LogP contribution in [-0.2, 0) is 6.42 Å². The normalized spacial score (nSPS) is 12.7. The SMILES string of the molecule is CCNC(Cc1ccc(C)c(C)c1)c1cc(C)c(Br)s1. The summed E-state index contributed by atoms with van der Waals surface area (Å²) in [4.78, 5) is 1.41. The van der Waals surface area contributed by atoms with E-state index in [0.29, 0.717) is 6.04 Å². The number of hydrogen-bond acceptors (Lipinski definition) is 2. The van der Waals surface area contributed by atoms with Crippen molar-refractivity contribution in [1.82, 2.24) is 5.32 Å². The smallest absolute Gasteiger partial charge is 0.0731 e. The van der Waals surface area contributed by atoms with E-state index < -0.39 is 0 Å². The van der Waals surface area contributed by atoms with Crippen molar-refractivity contribution < 1.29 is 0 Å². The number of rotatable bonds is 5. The molecule has 0 spiro atoms. The van der Waals surface area contributed by atoms with E-state index in [9.17, 15) is 0 Å². The zero-order valence-electron chi connectivity index (χ0n) is 12.6. The van der Waals surface area contributed by atoms with E-state index in [4.69, 9.17) is 0 Å². The average Bonchev–Trinajstić information content (AvgIpc) is 2.73. The fourth-order valence-electron chi connectivity index (χ4n) is 2.34. The van der Waals surface area contributed by atoms with Crippen molar-refractivity contribution in [2.45, 2.75) is 40.2 Å². The third-order valence-corrected chi connectivity index (χ3v) is 5.93. The molecule has 1 N–H and O–H groups in total. The van der Waals surface area contributed by atoms with Gasteiger partial charge in [0.2, 0.25) is 0 Å². The first-order valence-corrected chi connectivity index (χ1v) is 8.67. The Labute approximate surface area is 134 Å². The Morgan fingerprint density at radius 2 is 1.85 bits per heavy atom. The van der Waals surface area contributed by atoms with Gasteiger partial charge in [-0.25, -0.2) is 0 Å². The lowest BCUT2D eigenvalue weighted by Gasteiger charge is -2.17. The molecule has 1 atom stereocenters. The summed E-state index contributed by atoms with van der Waals surface area (Å²) >= 11 is 5.48. The molecule has 0 radical (unpaired) electrons. The van der Waals surface area contributed by atoms with Crippen molar-refractivity contribution >= 4 is 27.3 Å². The number of likely N-dealkylation sites (N-methyl/N-ethyl adjacent to an activating group) is 1. The first-order chi connectivity index (χ1) is 9.51. The minimum Gasteiger partial charge on any atom is -0.309 e. The highest BCUT2D eigenvalue weighted by atomic mass is 79.9. The van der Waals surface area contributed by atoms with Gasteiger partial charge >= 0.3 is 0 Å². The maximum absolute atomic E-state index is 3.63. The number of halogens is 1. The number of benzene rings is 1. The lowest BCUT2D eigenvalue weighted by Crippen LogP contribution is -2.22. The molecule has 0 bridgehead atoms. The van der Waals surface area contributed by atoms with E-state index >= 15 is 0 Å². The van der Waals surface area contributed by atoms with Crippen molar-refractivity contribution in [2.75, 3.05) is 6.54 Å². The average molecular weight is 352 g/mol. The number of aryl methyl sites for hydroxylation is 3. The lowest BCUT2D eigenvalue weighted by atomic mass is 10.00. The predicted molar refractivity (Wildman–Crippen MR) is 92.8 cm³/mol.